The molecular formula is C46H46O16. The van der Waals surface area contributed by atoms with Crippen molar-refractivity contribution in [3.05, 3.63) is 118 Å². The molecule has 0 bridgehead atoms. The smallest absolute Gasteiger partial charge is 0.479 e. The third-order valence-electron chi connectivity index (χ3n) is 7.88. The number of ketones is 2. The second kappa shape index (κ2) is 18.9. The molecule has 0 aliphatic rings. The zero-order valence-electron chi connectivity index (χ0n) is 35.8. The normalized spacial score (nSPS) is 11.6. The molecule has 0 fully saturated rings. The lowest BCUT2D eigenvalue weighted by molar-refractivity contribution is -0.187. The predicted molar refractivity (Wildman–Crippen MR) is 219 cm³/mol. The average Bonchev–Trinajstić information content (AvgIpc) is 3.18. The Morgan fingerprint density at radius 2 is 0.726 bits per heavy atom. The van der Waals surface area contributed by atoms with Gasteiger partial charge in [0.25, 0.3) is 0 Å². The summed E-state index contributed by atoms with van der Waals surface area (Å²) in [6, 6.07) is 18.9. The maximum absolute atomic E-state index is 14.1. The van der Waals surface area contributed by atoms with Gasteiger partial charge in [0.2, 0.25) is 11.6 Å². The Balaban J connectivity index is 1.71. The second-order valence-corrected chi connectivity index (χ2v) is 16.5. The standard InChI is InChI=1S/C46H46O16/c1-43(2,3)59-41(53)55-33-23-13-11-17-27(33)35(49)29-19-15-21-31(37(29)57-45(7,8)25-47)39(51)61-62-40(52)32-22-16-20-30(38(32)58-46(9,10)26-48)36(50)28-18-12-14-24-34(28)56-42(54)60-44(4,5)6/h11-26H,1-10H3. The van der Waals surface area contributed by atoms with E-state index in [9.17, 15) is 38.4 Å². The van der Waals surface area contributed by atoms with Crippen LogP contribution in [0.4, 0.5) is 9.59 Å². The van der Waals surface area contributed by atoms with Crippen LogP contribution >= 0.6 is 0 Å². The fourth-order valence-corrected chi connectivity index (χ4v) is 5.21. The number of rotatable bonds is 14. The molecule has 4 aromatic carbocycles. The fraction of sp³-hybridized carbons (Fsp3) is 0.304. The highest BCUT2D eigenvalue weighted by molar-refractivity contribution is 6.15. The summed E-state index contributed by atoms with van der Waals surface area (Å²) in [5, 5.41) is 0. The summed E-state index contributed by atoms with van der Waals surface area (Å²) in [6.45, 7) is 15.2. The Hall–Kier alpha value is -7.36. The summed E-state index contributed by atoms with van der Waals surface area (Å²) < 4.78 is 32.9. The van der Waals surface area contributed by atoms with E-state index in [-0.39, 0.29) is 33.8 Å². The maximum Gasteiger partial charge on any atom is 0.514 e. The van der Waals surface area contributed by atoms with Crippen LogP contribution in [0.1, 0.15) is 122 Å². The SMILES string of the molecule is CC(C)(C)OC(=O)Oc1ccccc1C(=O)c1cccc(C(=O)OOC(=O)c2cccc(C(=O)c3ccccc3OC(=O)OC(C)(C)C)c2OC(C)(C)C=O)c1OC(C)(C)C=O. The van der Waals surface area contributed by atoms with Gasteiger partial charge in [-0.1, -0.05) is 36.4 Å². The van der Waals surface area contributed by atoms with Crippen molar-refractivity contribution in [1.29, 1.82) is 0 Å². The second-order valence-electron chi connectivity index (χ2n) is 16.5. The van der Waals surface area contributed by atoms with Gasteiger partial charge < -0.3 is 28.4 Å². The first-order valence-electron chi connectivity index (χ1n) is 18.9. The molecule has 0 N–H and O–H groups in total. The zero-order chi connectivity index (χ0) is 46.2. The van der Waals surface area contributed by atoms with Crippen LogP contribution in [-0.4, -0.2) is 70.8 Å². The molecule has 0 amide bonds. The van der Waals surface area contributed by atoms with Crippen molar-refractivity contribution < 1.29 is 76.6 Å². The van der Waals surface area contributed by atoms with Crippen molar-refractivity contribution in [2.75, 3.05) is 0 Å². The maximum atomic E-state index is 14.1. The van der Waals surface area contributed by atoms with E-state index in [1.807, 2.05) is 0 Å². The third kappa shape index (κ3) is 12.6. The monoisotopic (exact) mass is 854 g/mol. The molecular weight excluding hydrogens is 808 g/mol. The Kier molecular flexibility index (Phi) is 14.4. The lowest BCUT2D eigenvalue weighted by Gasteiger charge is -2.24. The van der Waals surface area contributed by atoms with Crippen molar-refractivity contribution in [1.82, 2.24) is 0 Å². The van der Waals surface area contributed by atoms with Crippen molar-refractivity contribution >= 4 is 48.4 Å². The summed E-state index contributed by atoms with van der Waals surface area (Å²) >= 11 is 0. The quantitative estimate of drug-likeness (QED) is 0.0291. The van der Waals surface area contributed by atoms with Crippen molar-refractivity contribution in [2.45, 2.75) is 91.6 Å². The molecule has 326 valence electrons. The zero-order valence-corrected chi connectivity index (χ0v) is 35.8. The van der Waals surface area contributed by atoms with Gasteiger partial charge in [-0.2, -0.15) is 0 Å². The topological polar surface area (TPSA) is 210 Å². The van der Waals surface area contributed by atoms with Gasteiger partial charge in [0, 0.05) is 0 Å². The molecule has 0 unspecified atom stereocenters. The molecule has 0 saturated carbocycles. The molecule has 0 saturated heterocycles. The van der Waals surface area contributed by atoms with E-state index in [2.05, 4.69) is 0 Å². The fourth-order valence-electron chi connectivity index (χ4n) is 5.21. The molecule has 62 heavy (non-hydrogen) atoms. The minimum absolute atomic E-state index is 0.150. The molecule has 4 rings (SSSR count). The molecule has 0 aromatic heterocycles. The minimum Gasteiger partial charge on any atom is -0.479 e. The number of benzene rings is 4. The number of para-hydroxylation sites is 4. The molecule has 4 aromatic rings. The van der Waals surface area contributed by atoms with Crippen LogP contribution in [-0.2, 0) is 28.8 Å². The van der Waals surface area contributed by atoms with Gasteiger partial charge in [0.05, 0.1) is 22.3 Å². The summed E-state index contributed by atoms with van der Waals surface area (Å²) in [5.41, 5.74) is -6.91. The van der Waals surface area contributed by atoms with Gasteiger partial charge in [-0.25, -0.2) is 29.0 Å². The van der Waals surface area contributed by atoms with Crippen LogP contribution in [0.25, 0.3) is 0 Å². The summed E-state index contributed by atoms with van der Waals surface area (Å²) in [6.07, 6.45) is -1.35. The van der Waals surface area contributed by atoms with Crippen LogP contribution in [0.3, 0.4) is 0 Å². The molecule has 0 heterocycles. The number of aldehydes is 2. The number of ether oxygens (including phenoxy) is 6. The minimum atomic E-state index is -1.63. The Labute approximate surface area is 357 Å². The van der Waals surface area contributed by atoms with E-state index < -0.39 is 80.8 Å². The number of carbonyl (C=O) groups is 8. The summed E-state index contributed by atoms with van der Waals surface area (Å²) in [4.78, 5) is 115. The lowest BCUT2D eigenvalue weighted by Crippen LogP contribution is -2.32. The lowest BCUT2D eigenvalue weighted by atomic mass is 9.98. The number of carbonyl (C=O) groups excluding carboxylic acids is 8. The van der Waals surface area contributed by atoms with Gasteiger partial charge in [-0.05, 0) is 118 Å². The highest BCUT2D eigenvalue weighted by Gasteiger charge is 2.33. The average molecular weight is 855 g/mol. The van der Waals surface area contributed by atoms with Crippen LogP contribution in [0.15, 0.2) is 84.9 Å². The predicted octanol–water partition coefficient (Wildman–Crippen LogP) is 8.42. The molecule has 16 nitrogen and oxygen atoms in total. The molecule has 0 radical (unpaired) electrons. The Morgan fingerprint density at radius 3 is 1.05 bits per heavy atom. The van der Waals surface area contributed by atoms with E-state index >= 15 is 0 Å². The van der Waals surface area contributed by atoms with Crippen molar-refractivity contribution in [2.24, 2.45) is 0 Å². The van der Waals surface area contributed by atoms with Crippen molar-refractivity contribution in [3.8, 4) is 23.0 Å². The highest BCUT2D eigenvalue weighted by atomic mass is 17.2. The van der Waals surface area contributed by atoms with Crippen LogP contribution < -0.4 is 18.9 Å². The molecule has 0 spiro atoms. The van der Waals surface area contributed by atoms with Crippen molar-refractivity contribution in [3.63, 3.8) is 0 Å². The summed E-state index contributed by atoms with van der Waals surface area (Å²) in [5.74, 6) is -5.68. The van der Waals surface area contributed by atoms with Crippen LogP contribution in [0.5, 0.6) is 23.0 Å². The number of hydrogen-bond donors (Lipinski definition) is 0. The van der Waals surface area contributed by atoms with Gasteiger partial charge >= 0.3 is 24.2 Å². The van der Waals surface area contributed by atoms with Crippen LogP contribution in [0, 0.1) is 0 Å². The molecule has 0 aliphatic heterocycles. The first-order chi connectivity index (χ1) is 28.8. The third-order valence-corrected chi connectivity index (χ3v) is 7.88. The molecule has 0 aliphatic carbocycles. The van der Waals surface area contributed by atoms with Gasteiger partial charge in [-0.15, -0.1) is 0 Å². The highest BCUT2D eigenvalue weighted by Crippen LogP contribution is 2.35. The van der Waals surface area contributed by atoms with Gasteiger partial charge in [0.15, 0.2) is 23.8 Å². The van der Waals surface area contributed by atoms with E-state index in [0.29, 0.717) is 12.6 Å². The van der Waals surface area contributed by atoms with E-state index in [1.165, 1.54) is 113 Å². The van der Waals surface area contributed by atoms with E-state index in [1.54, 1.807) is 41.5 Å². The Morgan fingerprint density at radius 1 is 0.419 bits per heavy atom. The number of hydrogen-bond acceptors (Lipinski definition) is 16. The summed E-state index contributed by atoms with van der Waals surface area (Å²) in [7, 11) is 0. The largest absolute Gasteiger partial charge is 0.514 e. The molecule has 0 atom stereocenters. The first-order valence-corrected chi connectivity index (χ1v) is 18.9. The first kappa shape index (κ1) is 47.3. The van der Waals surface area contributed by atoms with E-state index in [0.717, 1.165) is 0 Å². The van der Waals surface area contributed by atoms with Gasteiger partial charge in [-0.3, -0.25) is 19.2 Å². The van der Waals surface area contributed by atoms with E-state index in [4.69, 9.17) is 38.2 Å². The van der Waals surface area contributed by atoms with Crippen LogP contribution in [0.2, 0.25) is 0 Å². The Bertz CT molecular complexity index is 2230. The van der Waals surface area contributed by atoms with Gasteiger partial charge in [0.1, 0.15) is 45.3 Å². The molecule has 16 heteroatoms.